The molecule has 3 rings (SSSR count). The van der Waals surface area contributed by atoms with Crippen LogP contribution in [0.5, 0.6) is 0 Å². The van der Waals surface area contributed by atoms with Crippen LogP contribution in [0.4, 0.5) is 17.8 Å². The van der Waals surface area contributed by atoms with E-state index >= 15 is 0 Å². The lowest BCUT2D eigenvalue weighted by Gasteiger charge is -2.09. The third kappa shape index (κ3) is 4.67. The highest BCUT2D eigenvalue weighted by molar-refractivity contribution is 6.04. The summed E-state index contributed by atoms with van der Waals surface area (Å²) in [6, 6.07) is 14.3. The Bertz CT molecular complexity index is 957. The van der Waals surface area contributed by atoms with Crippen molar-refractivity contribution in [2.24, 2.45) is 0 Å². The minimum atomic E-state index is -0.354. The summed E-state index contributed by atoms with van der Waals surface area (Å²) in [6.07, 6.45) is 0. The van der Waals surface area contributed by atoms with Crippen LogP contribution in [-0.4, -0.2) is 33.8 Å². The largest absolute Gasteiger partial charge is 0.357 e. The van der Waals surface area contributed by atoms with Gasteiger partial charge >= 0.3 is 0 Å². The molecule has 142 valence electrons. The van der Waals surface area contributed by atoms with Crippen molar-refractivity contribution in [3.63, 3.8) is 0 Å². The van der Waals surface area contributed by atoms with Gasteiger partial charge in [-0.05, 0) is 38.1 Å². The summed E-state index contributed by atoms with van der Waals surface area (Å²) in [5, 5.41) is 8.05. The maximum absolute atomic E-state index is 12.4. The summed E-state index contributed by atoms with van der Waals surface area (Å²) in [4.78, 5) is 37.2. The summed E-state index contributed by atoms with van der Waals surface area (Å²) in [6.45, 7) is 3.80. The Morgan fingerprint density at radius 2 is 1.14 bits per heavy atom. The van der Waals surface area contributed by atoms with Crippen molar-refractivity contribution < 1.29 is 9.59 Å². The van der Waals surface area contributed by atoms with Gasteiger partial charge < -0.3 is 5.32 Å². The van der Waals surface area contributed by atoms with Crippen LogP contribution in [0, 0.1) is 13.8 Å². The molecule has 0 aliphatic rings. The Morgan fingerprint density at radius 1 is 0.714 bits per heavy atom. The summed E-state index contributed by atoms with van der Waals surface area (Å²) in [5.41, 5.74) is 2.89. The first-order valence-corrected chi connectivity index (χ1v) is 8.64. The Hall–Kier alpha value is -3.81. The number of hydrogen-bond acceptors (Lipinski definition) is 6. The number of aromatic nitrogens is 3. The molecule has 0 atom stereocenters. The van der Waals surface area contributed by atoms with Gasteiger partial charge in [-0.3, -0.25) is 20.2 Å². The zero-order valence-corrected chi connectivity index (χ0v) is 15.8. The van der Waals surface area contributed by atoms with Gasteiger partial charge in [0.25, 0.3) is 11.8 Å². The van der Waals surface area contributed by atoms with E-state index in [4.69, 9.17) is 0 Å². The number of nitrogens with zero attached hydrogens (tertiary/aromatic N) is 3. The molecule has 0 saturated carbocycles. The highest BCUT2D eigenvalue weighted by Crippen LogP contribution is 2.13. The molecule has 0 saturated heterocycles. The van der Waals surface area contributed by atoms with Crippen molar-refractivity contribution >= 4 is 29.7 Å². The standard InChI is InChI=1S/C20H20N6O2/c1-12-6-4-8-14(10-12)16(27)22-19-24-18(21-3)25-20(26-19)23-17(28)15-9-5-7-13(2)11-15/h4-11H,1-3H3,(H3,21,22,23,24,25,26,27,28). The van der Waals surface area contributed by atoms with Crippen molar-refractivity contribution in [1.82, 2.24) is 15.0 Å². The molecule has 0 fully saturated rings. The molecule has 28 heavy (non-hydrogen) atoms. The van der Waals surface area contributed by atoms with Crippen molar-refractivity contribution in [2.75, 3.05) is 23.0 Å². The fraction of sp³-hybridized carbons (Fsp3) is 0.150. The van der Waals surface area contributed by atoms with Crippen LogP contribution >= 0.6 is 0 Å². The van der Waals surface area contributed by atoms with Gasteiger partial charge in [-0.15, -0.1) is 0 Å². The van der Waals surface area contributed by atoms with Gasteiger partial charge in [0.15, 0.2) is 0 Å². The predicted molar refractivity (Wildman–Crippen MR) is 108 cm³/mol. The molecule has 1 aromatic heterocycles. The monoisotopic (exact) mass is 376 g/mol. The lowest BCUT2D eigenvalue weighted by Crippen LogP contribution is -2.19. The average molecular weight is 376 g/mol. The second-order valence-corrected chi connectivity index (χ2v) is 6.20. The number of benzene rings is 2. The summed E-state index contributed by atoms with van der Waals surface area (Å²) < 4.78 is 0. The smallest absolute Gasteiger partial charge is 0.258 e. The fourth-order valence-corrected chi connectivity index (χ4v) is 2.52. The number of carbonyl (C=O) groups excluding carboxylic acids is 2. The van der Waals surface area contributed by atoms with Gasteiger partial charge in [0.05, 0.1) is 0 Å². The van der Waals surface area contributed by atoms with Gasteiger partial charge in [-0.25, -0.2) is 0 Å². The van der Waals surface area contributed by atoms with Crippen LogP contribution in [0.25, 0.3) is 0 Å². The number of rotatable bonds is 5. The summed E-state index contributed by atoms with van der Waals surface area (Å²) in [5.74, 6) is -0.425. The van der Waals surface area contributed by atoms with Gasteiger partial charge in [-0.1, -0.05) is 35.4 Å². The Kier molecular flexibility index (Phi) is 5.59. The molecule has 1 heterocycles. The Balaban J connectivity index is 1.81. The number of anilines is 3. The first-order valence-electron chi connectivity index (χ1n) is 8.64. The molecule has 3 N–H and O–H groups in total. The van der Waals surface area contributed by atoms with Gasteiger partial charge in [0.1, 0.15) is 0 Å². The van der Waals surface area contributed by atoms with E-state index in [0.29, 0.717) is 11.1 Å². The number of aryl methyl sites for hydroxylation is 2. The maximum atomic E-state index is 12.4. The Labute approximate surface area is 162 Å². The second kappa shape index (κ2) is 8.26. The van der Waals surface area contributed by atoms with Crippen molar-refractivity contribution in [2.45, 2.75) is 13.8 Å². The third-order valence-corrected chi connectivity index (χ3v) is 3.87. The SMILES string of the molecule is CNc1nc(NC(=O)c2cccc(C)c2)nc(NC(=O)c2cccc(C)c2)n1. The molecule has 0 radical (unpaired) electrons. The molecule has 8 heteroatoms. The minimum Gasteiger partial charge on any atom is -0.357 e. The quantitative estimate of drug-likeness (QED) is 0.631. The summed E-state index contributed by atoms with van der Waals surface area (Å²) >= 11 is 0. The van der Waals surface area contributed by atoms with Crippen LogP contribution in [0.2, 0.25) is 0 Å². The van der Waals surface area contributed by atoms with E-state index < -0.39 is 0 Å². The lowest BCUT2D eigenvalue weighted by atomic mass is 10.1. The van der Waals surface area contributed by atoms with E-state index in [1.54, 1.807) is 43.4 Å². The number of hydrogen-bond donors (Lipinski definition) is 3. The van der Waals surface area contributed by atoms with Crippen LogP contribution < -0.4 is 16.0 Å². The van der Waals surface area contributed by atoms with E-state index in [9.17, 15) is 9.59 Å². The zero-order chi connectivity index (χ0) is 20.1. The number of carbonyl (C=O) groups is 2. The van der Waals surface area contributed by atoms with E-state index in [1.165, 1.54) is 0 Å². The molecule has 2 aromatic carbocycles. The van der Waals surface area contributed by atoms with Crippen molar-refractivity contribution in [3.05, 3.63) is 70.8 Å². The van der Waals surface area contributed by atoms with E-state index in [-0.39, 0.29) is 29.7 Å². The molecular weight excluding hydrogens is 356 g/mol. The van der Waals surface area contributed by atoms with Crippen LogP contribution in [-0.2, 0) is 0 Å². The van der Waals surface area contributed by atoms with E-state index in [2.05, 4.69) is 30.9 Å². The van der Waals surface area contributed by atoms with Crippen molar-refractivity contribution in [1.29, 1.82) is 0 Å². The van der Waals surface area contributed by atoms with E-state index in [1.807, 2.05) is 26.0 Å². The highest BCUT2D eigenvalue weighted by atomic mass is 16.2. The zero-order valence-electron chi connectivity index (χ0n) is 15.8. The first-order chi connectivity index (χ1) is 13.4. The second-order valence-electron chi connectivity index (χ2n) is 6.20. The topological polar surface area (TPSA) is 109 Å². The lowest BCUT2D eigenvalue weighted by molar-refractivity contribution is 0.101. The molecular formula is C20H20N6O2. The van der Waals surface area contributed by atoms with Crippen molar-refractivity contribution in [3.8, 4) is 0 Å². The van der Waals surface area contributed by atoms with Crippen LogP contribution in [0.3, 0.4) is 0 Å². The number of amides is 2. The van der Waals surface area contributed by atoms with Gasteiger partial charge in [0, 0.05) is 18.2 Å². The fourth-order valence-electron chi connectivity index (χ4n) is 2.52. The third-order valence-electron chi connectivity index (χ3n) is 3.87. The summed E-state index contributed by atoms with van der Waals surface area (Å²) in [7, 11) is 1.63. The molecule has 0 unspecified atom stereocenters. The highest BCUT2D eigenvalue weighted by Gasteiger charge is 2.14. The first kappa shape index (κ1) is 19.0. The predicted octanol–water partition coefficient (Wildman–Crippen LogP) is 3.03. The van der Waals surface area contributed by atoms with Crippen LogP contribution in [0.15, 0.2) is 48.5 Å². The normalized spacial score (nSPS) is 10.2. The molecule has 3 aromatic rings. The molecule has 0 spiro atoms. The van der Waals surface area contributed by atoms with Crippen LogP contribution in [0.1, 0.15) is 31.8 Å². The molecule has 0 aliphatic carbocycles. The molecule has 0 bridgehead atoms. The van der Waals surface area contributed by atoms with Gasteiger partial charge in [0.2, 0.25) is 17.8 Å². The maximum Gasteiger partial charge on any atom is 0.258 e. The molecule has 2 amide bonds. The number of nitrogens with one attached hydrogen (secondary N) is 3. The Morgan fingerprint density at radius 3 is 1.54 bits per heavy atom. The van der Waals surface area contributed by atoms with E-state index in [0.717, 1.165) is 11.1 Å². The average Bonchev–Trinajstić information content (AvgIpc) is 2.67. The minimum absolute atomic E-state index is 0.0328. The van der Waals surface area contributed by atoms with Gasteiger partial charge in [-0.2, -0.15) is 15.0 Å². The molecule has 0 aliphatic heterocycles. The molecule has 8 nitrogen and oxygen atoms in total.